The molecule has 0 aromatic carbocycles. The van der Waals surface area contributed by atoms with Gasteiger partial charge in [0.1, 0.15) is 4.90 Å². The standard InChI is InChI=1S/C14H15N3O2S2/c1-11(14-5-3-7-20-14)17-21(18,19)13-8-12(4-2-6-15)9-16-10-13/h3,5,7-11,17H,6,15H2,1H3. The van der Waals surface area contributed by atoms with E-state index in [9.17, 15) is 8.42 Å². The van der Waals surface area contributed by atoms with Gasteiger partial charge in [0.05, 0.1) is 12.6 Å². The average molecular weight is 321 g/mol. The smallest absolute Gasteiger partial charge is 0.242 e. The minimum absolute atomic E-state index is 0.0923. The maximum Gasteiger partial charge on any atom is 0.242 e. The Morgan fingerprint density at radius 1 is 1.48 bits per heavy atom. The van der Waals surface area contributed by atoms with Gasteiger partial charge in [-0.05, 0) is 24.4 Å². The number of hydrogen-bond acceptors (Lipinski definition) is 5. The summed E-state index contributed by atoms with van der Waals surface area (Å²) in [5.41, 5.74) is 5.82. The van der Waals surface area contributed by atoms with E-state index in [2.05, 4.69) is 21.5 Å². The summed E-state index contributed by atoms with van der Waals surface area (Å²) in [6.07, 6.45) is 2.81. The van der Waals surface area contributed by atoms with Crippen molar-refractivity contribution >= 4 is 21.4 Å². The number of hydrogen-bond donors (Lipinski definition) is 2. The quantitative estimate of drug-likeness (QED) is 0.836. The minimum atomic E-state index is -3.64. The molecule has 0 saturated heterocycles. The molecule has 110 valence electrons. The van der Waals surface area contributed by atoms with Crippen LogP contribution >= 0.6 is 11.3 Å². The van der Waals surface area contributed by atoms with Crippen LogP contribution in [-0.4, -0.2) is 19.9 Å². The third kappa shape index (κ3) is 4.12. The number of aromatic nitrogens is 1. The van der Waals surface area contributed by atoms with Crippen LogP contribution in [0.5, 0.6) is 0 Å². The first kappa shape index (κ1) is 15.7. The molecule has 2 heterocycles. The van der Waals surface area contributed by atoms with Crippen molar-refractivity contribution in [3.05, 3.63) is 46.4 Å². The van der Waals surface area contributed by atoms with Gasteiger partial charge in [0.15, 0.2) is 0 Å². The van der Waals surface area contributed by atoms with Crippen molar-refractivity contribution in [2.45, 2.75) is 17.9 Å². The molecule has 1 unspecified atom stereocenters. The minimum Gasteiger partial charge on any atom is -0.320 e. The van der Waals surface area contributed by atoms with Crippen LogP contribution in [0.1, 0.15) is 23.4 Å². The highest BCUT2D eigenvalue weighted by atomic mass is 32.2. The fourth-order valence-electron chi connectivity index (χ4n) is 1.68. The second kappa shape index (κ2) is 6.83. The predicted molar refractivity (Wildman–Crippen MR) is 83.2 cm³/mol. The van der Waals surface area contributed by atoms with Crippen molar-refractivity contribution < 1.29 is 8.42 Å². The Hall–Kier alpha value is -1.72. The lowest BCUT2D eigenvalue weighted by molar-refractivity contribution is 0.568. The summed E-state index contributed by atoms with van der Waals surface area (Å²) in [5.74, 6) is 5.44. The van der Waals surface area contributed by atoms with Gasteiger partial charge in [-0.3, -0.25) is 4.98 Å². The molecule has 0 aliphatic carbocycles. The van der Waals surface area contributed by atoms with Gasteiger partial charge in [0.2, 0.25) is 10.0 Å². The molecule has 0 radical (unpaired) electrons. The number of nitrogens with zero attached hydrogens (tertiary/aromatic N) is 1. The highest BCUT2D eigenvalue weighted by Crippen LogP contribution is 2.20. The van der Waals surface area contributed by atoms with Crippen LogP contribution in [-0.2, 0) is 10.0 Å². The number of thiophene rings is 1. The Balaban J connectivity index is 2.23. The molecular weight excluding hydrogens is 306 g/mol. The van der Waals surface area contributed by atoms with Crippen molar-refractivity contribution in [3.8, 4) is 11.8 Å². The maximum absolute atomic E-state index is 12.3. The van der Waals surface area contributed by atoms with E-state index in [-0.39, 0.29) is 17.5 Å². The molecule has 0 aliphatic rings. The molecule has 0 spiro atoms. The molecule has 2 rings (SSSR count). The van der Waals surface area contributed by atoms with Gasteiger partial charge in [-0.15, -0.1) is 11.3 Å². The molecule has 21 heavy (non-hydrogen) atoms. The van der Waals surface area contributed by atoms with E-state index >= 15 is 0 Å². The topological polar surface area (TPSA) is 85.1 Å². The fourth-order valence-corrected chi connectivity index (χ4v) is 3.70. The Kier molecular flexibility index (Phi) is 5.09. The predicted octanol–water partition coefficient (Wildman–Crippen LogP) is 1.49. The van der Waals surface area contributed by atoms with E-state index in [4.69, 9.17) is 5.73 Å². The third-order valence-electron chi connectivity index (χ3n) is 2.66. The van der Waals surface area contributed by atoms with Gasteiger partial charge in [0, 0.05) is 22.8 Å². The molecule has 2 aromatic rings. The number of nitrogens with two attached hydrogens (primary N) is 1. The lowest BCUT2D eigenvalue weighted by Crippen LogP contribution is -2.26. The number of rotatable bonds is 4. The summed E-state index contributed by atoms with van der Waals surface area (Å²) in [6.45, 7) is 2.01. The monoisotopic (exact) mass is 321 g/mol. The fraction of sp³-hybridized carbons (Fsp3) is 0.214. The first-order valence-corrected chi connectivity index (χ1v) is 8.59. The molecule has 0 aliphatic heterocycles. The van der Waals surface area contributed by atoms with Crippen LogP contribution in [0.25, 0.3) is 0 Å². The van der Waals surface area contributed by atoms with E-state index in [1.807, 2.05) is 17.5 Å². The van der Waals surface area contributed by atoms with Crippen LogP contribution in [0.4, 0.5) is 0 Å². The molecule has 0 saturated carbocycles. The van der Waals surface area contributed by atoms with Crippen molar-refractivity contribution in [2.24, 2.45) is 5.73 Å². The number of nitrogens with one attached hydrogen (secondary N) is 1. The molecular formula is C14H15N3O2S2. The summed E-state index contributed by atoms with van der Waals surface area (Å²) in [6, 6.07) is 4.96. The molecule has 3 N–H and O–H groups in total. The third-order valence-corrected chi connectivity index (χ3v) is 5.22. The van der Waals surface area contributed by atoms with Crippen LogP contribution in [0, 0.1) is 11.8 Å². The van der Waals surface area contributed by atoms with E-state index in [1.54, 1.807) is 6.92 Å². The SMILES string of the molecule is CC(NS(=O)(=O)c1cncc(C#CCN)c1)c1cccs1. The highest BCUT2D eigenvalue weighted by Gasteiger charge is 2.19. The summed E-state index contributed by atoms with van der Waals surface area (Å²) >= 11 is 1.50. The summed E-state index contributed by atoms with van der Waals surface area (Å²) < 4.78 is 27.3. The summed E-state index contributed by atoms with van der Waals surface area (Å²) in [5, 5.41) is 1.91. The molecule has 0 fully saturated rings. The van der Waals surface area contributed by atoms with Gasteiger partial charge in [-0.25, -0.2) is 13.1 Å². The molecule has 0 bridgehead atoms. The van der Waals surface area contributed by atoms with Crippen LogP contribution < -0.4 is 10.5 Å². The summed E-state index contributed by atoms with van der Waals surface area (Å²) in [4.78, 5) is 4.96. The maximum atomic E-state index is 12.3. The van der Waals surface area contributed by atoms with Gasteiger partial charge in [-0.2, -0.15) is 0 Å². The number of pyridine rings is 1. The van der Waals surface area contributed by atoms with Crippen molar-refractivity contribution in [2.75, 3.05) is 6.54 Å². The van der Waals surface area contributed by atoms with E-state index in [1.165, 1.54) is 29.8 Å². The first-order chi connectivity index (χ1) is 10.0. The molecule has 5 nitrogen and oxygen atoms in total. The lowest BCUT2D eigenvalue weighted by Gasteiger charge is -2.12. The normalized spacial score (nSPS) is 12.5. The van der Waals surface area contributed by atoms with Crippen molar-refractivity contribution in [1.29, 1.82) is 0 Å². The van der Waals surface area contributed by atoms with Crippen molar-refractivity contribution in [1.82, 2.24) is 9.71 Å². The Labute approximate surface area is 128 Å². The average Bonchev–Trinajstić information content (AvgIpc) is 2.99. The molecule has 2 aromatic heterocycles. The van der Waals surface area contributed by atoms with Crippen molar-refractivity contribution in [3.63, 3.8) is 0 Å². The van der Waals surface area contributed by atoms with Crippen LogP contribution in [0.2, 0.25) is 0 Å². The lowest BCUT2D eigenvalue weighted by atomic mass is 10.3. The Bertz CT molecular complexity index is 759. The zero-order valence-electron chi connectivity index (χ0n) is 11.4. The first-order valence-electron chi connectivity index (χ1n) is 6.22. The zero-order valence-corrected chi connectivity index (χ0v) is 13.0. The largest absolute Gasteiger partial charge is 0.320 e. The van der Waals surface area contributed by atoms with Gasteiger partial charge >= 0.3 is 0 Å². The van der Waals surface area contributed by atoms with E-state index in [0.29, 0.717) is 5.56 Å². The van der Waals surface area contributed by atoms with Gasteiger partial charge in [0.25, 0.3) is 0 Å². The number of sulfonamides is 1. The van der Waals surface area contributed by atoms with Gasteiger partial charge < -0.3 is 5.73 Å². The molecule has 0 amide bonds. The highest BCUT2D eigenvalue weighted by molar-refractivity contribution is 7.89. The summed E-state index contributed by atoms with van der Waals surface area (Å²) in [7, 11) is -3.64. The van der Waals surface area contributed by atoms with E-state index < -0.39 is 10.0 Å². The molecule has 1 atom stereocenters. The second-order valence-corrected chi connectivity index (χ2v) is 6.97. The van der Waals surface area contributed by atoms with Crippen LogP contribution in [0.15, 0.2) is 40.9 Å². The Morgan fingerprint density at radius 2 is 2.29 bits per heavy atom. The molecule has 7 heteroatoms. The van der Waals surface area contributed by atoms with Crippen LogP contribution in [0.3, 0.4) is 0 Å². The van der Waals surface area contributed by atoms with E-state index in [0.717, 1.165) is 4.88 Å². The van der Waals surface area contributed by atoms with Gasteiger partial charge in [-0.1, -0.05) is 17.9 Å². The Morgan fingerprint density at radius 3 is 2.95 bits per heavy atom. The zero-order chi connectivity index (χ0) is 15.3. The second-order valence-electron chi connectivity index (χ2n) is 4.27.